The molecule has 0 spiro atoms. The van der Waals surface area contributed by atoms with E-state index in [1.54, 1.807) is 0 Å². The molecule has 2 nitrogen and oxygen atoms in total. The van der Waals surface area contributed by atoms with E-state index in [4.69, 9.17) is 4.43 Å². The number of hydrogen-bond donors (Lipinski definition) is 0. The van der Waals surface area contributed by atoms with Crippen molar-refractivity contribution in [1.82, 2.24) is 0 Å². The van der Waals surface area contributed by atoms with Crippen LogP contribution in [0.15, 0.2) is 0 Å². The van der Waals surface area contributed by atoms with E-state index in [1.165, 1.54) is 0 Å². The van der Waals surface area contributed by atoms with Crippen LogP contribution in [0.25, 0.3) is 0 Å². The SMILES string of the molecule is CCC(C)CC(C#N)(CC)O[Si](C)(C)C. The topological polar surface area (TPSA) is 33.0 Å². The highest BCUT2D eigenvalue weighted by atomic mass is 28.4. The van der Waals surface area contributed by atoms with E-state index >= 15 is 0 Å². The molecule has 0 saturated carbocycles. The quantitative estimate of drug-likeness (QED) is 0.644. The van der Waals surface area contributed by atoms with Crippen molar-refractivity contribution >= 4 is 8.32 Å². The Bertz CT molecular complexity index is 229. The van der Waals surface area contributed by atoms with Crippen molar-refractivity contribution < 1.29 is 4.43 Å². The van der Waals surface area contributed by atoms with E-state index in [0.29, 0.717) is 5.92 Å². The molecule has 0 aromatic carbocycles. The zero-order chi connectivity index (χ0) is 12.1. The van der Waals surface area contributed by atoms with Gasteiger partial charge in [0, 0.05) is 0 Å². The average Bonchev–Trinajstić information content (AvgIpc) is 2.14. The van der Waals surface area contributed by atoms with E-state index < -0.39 is 13.9 Å². The highest BCUT2D eigenvalue weighted by molar-refractivity contribution is 6.69. The van der Waals surface area contributed by atoms with Crippen LogP contribution in [-0.2, 0) is 4.43 Å². The Kier molecular flexibility index (Phi) is 5.54. The van der Waals surface area contributed by atoms with Crippen molar-refractivity contribution in [2.24, 2.45) is 5.92 Å². The first-order valence-electron chi connectivity index (χ1n) is 5.90. The molecule has 0 aromatic heterocycles. The summed E-state index contributed by atoms with van der Waals surface area (Å²) in [5.41, 5.74) is -0.542. The van der Waals surface area contributed by atoms with Gasteiger partial charge >= 0.3 is 0 Å². The predicted molar refractivity (Wildman–Crippen MR) is 67.1 cm³/mol. The highest BCUT2D eigenvalue weighted by Crippen LogP contribution is 2.29. The van der Waals surface area contributed by atoms with Gasteiger partial charge in [0.15, 0.2) is 8.32 Å². The molecule has 0 aliphatic carbocycles. The third-order valence-electron chi connectivity index (χ3n) is 2.65. The lowest BCUT2D eigenvalue weighted by molar-refractivity contribution is 0.0875. The van der Waals surface area contributed by atoms with Crippen molar-refractivity contribution in [1.29, 1.82) is 5.26 Å². The molecule has 0 aliphatic heterocycles. The summed E-state index contributed by atoms with van der Waals surface area (Å²) in [7, 11) is -1.64. The first kappa shape index (κ1) is 14.7. The molecule has 0 radical (unpaired) electrons. The molecule has 3 heteroatoms. The Labute approximate surface area is 95.8 Å². The first-order chi connectivity index (χ1) is 6.78. The normalized spacial score (nSPS) is 17.9. The fourth-order valence-electron chi connectivity index (χ4n) is 1.70. The van der Waals surface area contributed by atoms with Crippen LogP contribution in [0.3, 0.4) is 0 Å². The van der Waals surface area contributed by atoms with Gasteiger partial charge in [0.1, 0.15) is 5.60 Å². The van der Waals surface area contributed by atoms with E-state index in [2.05, 4.69) is 39.6 Å². The minimum absolute atomic E-state index is 0.542. The maximum Gasteiger partial charge on any atom is 0.185 e. The molecule has 2 unspecified atom stereocenters. The largest absolute Gasteiger partial charge is 0.400 e. The van der Waals surface area contributed by atoms with Gasteiger partial charge in [-0.3, -0.25) is 0 Å². The molecule has 2 atom stereocenters. The van der Waals surface area contributed by atoms with Crippen molar-refractivity contribution in [3.63, 3.8) is 0 Å². The van der Waals surface area contributed by atoms with Gasteiger partial charge in [-0.2, -0.15) is 5.26 Å². The Morgan fingerprint density at radius 3 is 2.13 bits per heavy atom. The molecule has 0 rings (SSSR count). The molecule has 0 fully saturated rings. The zero-order valence-corrected chi connectivity index (χ0v) is 12.1. The minimum atomic E-state index is -1.64. The van der Waals surface area contributed by atoms with Gasteiger partial charge in [-0.15, -0.1) is 0 Å². The monoisotopic (exact) mass is 227 g/mol. The maximum absolute atomic E-state index is 9.33. The van der Waals surface area contributed by atoms with Crippen LogP contribution in [0.1, 0.15) is 40.0 Å². The molecular weight excluding hydrogens is 202 g/mol. The predicted octanol–water partition coefficient (Wildman–Crippen LogP) is 3.95. The molecule has 0 aliphatic rings. The molecule has 0 heterocycles. The lowest BCUT2D eigenvalue weighted by Gasteiger charge is -2.34. The van der Waals surface area contributed by atoms with E-state index in [9.17, 15) is 5.26 Å². The average molecular weight is 227 g/mol. The molecule has 15 heavy (non-hydrogen) atoms. The van der Waals surface area contributed by atoms with Crippen molar-refractivity contribution in [2.45, 2.75) is 65.3 Å². The van der Waals surface area contributed by atoms with E-state index in [1.807, 2.05) is 6.92 Å². The second-order valence-electron chi connectivity index (χ2n) is 5.39. The Morgan fingerprint density at radius 1 is 1.33 bits per heavy atom. The molecule has 88 valence electrons. The van der Waals surface area contributed by atoms with Crippen LogP contribution in [0, 0.1) is 17.2 Å². The zero-order valence-electron chi connectivity index (χ0n) is 11.1. The van der Waals surface area contributed by atoms with Gasteiger partial charge in [-0.25, -0.2) is 0 Å². The summed E-state index contributed by atoms with van der Waals surface area (Å²) in [6, 6.07) is 2.40. The summed E-state index contributed by atoms with van der Waals surface area (Å²) in [4.78, 5) is 0. The van der Waals surface area contributed by atoms with Crippen LogP contribution < -0.4 is 0 Å². The van der Waals surface area contributed by atoms with Gasteiger partial charge in [0.2, 0.25) is 0 Å². The molecule has 0 saturated heterocycles. The number of nitrogens with zero attached hydrogens (tertiary/aromatic N) is 1. The van der Waals surface area contributed by atoms with Crippen molar-refractivity contribution in [3.8, 4) is 6.07 Å². The summed E-state index contributed by atoms with van der Waals surface area (Å²) in [5.74, 6) is 0.556. The summed E-state index contributed by atoms with van der Waals surface area (Å²) < 4.78 is 6.07. The lowest BCUT2D eigenvalue weighted by atomic mass is 9.89. The summed E-state index contributed by atoms with van der Waals surface area (Å²) in [5, 5.41) is 9.33. The molecule has 0 aromatic rings. The van der Waals surface area contributed by atoms with Crippen LogP contribution in [-0.4, -0.2) is 13.9 Å². The molecule has 0 amide bonds. The highest BCUT2D eigenvalue weighted by Gasteiger charge is 2.35. The van der Waals surface area contributed by atoms with Crippen LogP contribution in [0.2, 0.25) is 19.6 Å². The second-order valence-corrected chi connectivity index (χ2v) is 9.82. The molecule has 0 N–H and O–H groups in total. The van der Waals surface area contributed by atoms with E-state index in [0.717, 1.165) is 19.3 Å². The fraction of sp³-hybridized carbons (Fsp3) is 0.917. The summed E-state index contributed by atoms with van der Waals surface area (Å²) >= 11 is 0. The number of nitriles is 1. The number of hydrogen-bond acceptors (Lipinski definition) is 2. The van der Waals surface area contributed by atoms with Gasteiger partial charge in [0.05, 0.1) is 6.07 Å². The van der Waals surface area contributed by atoms with Crippen molar-refractivity contribution in [2.75, 3.05) is 0 Å². The smallest absolute Gasteiger partial charge is 0.185 e. The van der Waals surface area contributed by atoms with Gasteiger partial charge in [-0.1, -0.05) is 27.2 Å². The summed E-state index contributed by atoms with van der Waals surface area (Å²) in [6.07, 6.45) is 2.76. The third kappa shape index (κ3) is 5.34. The van der Waals surface area contributed by atoms with Crippen LogP contribution >= 0.6 is 0 Å². The van der Waals surface area contributed by atoms with E-state index in [-0.39, 0.29) is 0 Å². The first-order valence-corrected chi connectivity index (χ1v) is 9.31. The molecular formula is C12H25NOSi. The lowest BCUT2D eigenvalue weighted by Crippen LogP contribution is -2.42. The Balaban J connectivity index is 4.67. The third-order valence-corrected chi connectivity index (χ3v) is 3.65. The Hall–Kier alpha value is -0.333. The van der Waals surface area contributed by atoms with Crippen molar-refractivity contribution in [3.05, 3.63) is 0 Å². The van der Waals surface area contributed by atoms with Gasteiger partial charge < -0.3 is 4.43 Å². The number of rotatable bonds is 6. The summed E-state index contributed by atoms with van der Waals surface area (Å²) in [6.45, 7) is 12.8. The van der Waals surface area contributed by atoms with Gasteiger partial charge in [0.25, 0.3) is 0 Å². The van der Waals surface area contributed by atoms with Crippen LogP contribution in [0.5, 0.6) is 0 Å². The standard InChI is InChI=1S/C12H25NOSi/c1-7-11(3)9-12(8-2,10-13)14-15(4,5)6/h11H,7-9H2,1-6H3. The van der Waals surface area contributed by atoms with Gasteiger partial charge in [-0.05, 0) is 38.4 Å². The Morgan fingerprint density at radius 2 is 1.87 bits per heavy atom. The minimum Gasteiger partial charge on any atom is -0.400 e. The second kappa shape index (κ2) is 5.67. The fourth-order valence-corrected chi connectivity index (χ4v) is 3.14. The maximum atomic E-state index is 9.33. The molecule has 0 bridgehead atoms. The van der Waals surface area contributed by atoms with Crippen LogP contribution in [0.4, 0.5) is 0 Å².